The normalized spacial score (nSPS) is 13.5. The van der Waals surface area contributed by atoms with Crippen molar-refractivity contribution in [1.29, 1.82) is 0 Å². The molecule has 6 nitrogen and oxygen atoms in total. The Labute approximate surface area is 156 Å². The number of thioether (sulfide) groups is 1. The molecule has 0 saturated carbocycles. The molecule has 0 aromatic heterocycles. The molecule has 142 valence electrons. The molecule has 8 heteroatoms. The Kier molecular flexibility index (Phi) is 10.6. The first-order valence-corrected chi connectivity index (χ1v) is 11.2. The molecule has 0 radical (unpaired) electrons. The van der Waals surface area contributed by atoms with Gasteiger partial charge < -0.3 is 10.6 Å². The van der Waals surface area contributed by atoms with Crippen LogP contribution >= 0.6 is 11.8 Å². The fourth-order valence-corrected chi connectivity index (χ4v) is 3.54. The second kappa shape index (κ2) is 12.2. The molecule has 0 amide bonds. The molecular formula is C17H30N4O2S2. The summed E-state index contributed by atoms with van der Waals surface area (Å²) in [5, 5.41) is 6.82. The lowest BCUT2D eigenvalue weighted by atomic mass is 10.4. The van der Waals surface area contributed by atoms with Gasteiger partial charge in [0, 0.05) is 29.8 Å². The Morgan fingerprint density at radius 1 is 1.16 bits per heavy atom. The van der Waals surface area contributed by atoms with E-state index in [2.05, 4.69) is 39.4 Å². The topological polar surface area (TPSA) is 82.6 Å². The third-order valence-electron chi connectivity index (χ3n) is 3.28. The van der Waals surface area contributed by atoms with Crippen molar-refractivity contribution in [3.8, 4) is 0 Å². The zero-order chi connectivity index (χ0) is 18.5. The number of rotatable bonds is 11. The third kappa shape index (κ3) is 10.4. The number of hydrogen-bond donors (Lipinski definition) is 3. The van der Waals surface area contributed by atoms with E-state index in [-0.39, 0.29) is 5.75 Å². The highest BCUT2D eigenvalue weighted by molar-refractivity contribution is 8.00. The maximum atomic E-state index is 11.4. The van der Waals surface area contributed by atoms with Crippen molar-refractivity contribution in [3.63, 3.8) is 0 Å². The molecular weight excluding hydrogens is 356 g/mol. The van der Waals surface area contributed by atoms with Gasteiger partial charge in [-0.2, -0.15) is 0 Å². The largest absolute Gasteiger partial charge is 0.357 e. The van der Waals surface area contributed by atoms with Crippen LogP contribution in [0.1, 0.15) is 27.2 Å². The summed E-state index contributed by atoms with van der Waals surface area (Å²) in [6.45, 7) is 8.40. The predicted molar refractivity (Wildman–Crippen MR) is 108 cm³/mol. The molecule has 1 unspecified atom stereocenters. The lowest BCUT2D eigenvalue weighted by Crippen LogP contribution is -2.39. The van der Waals surface area contributed by atoms with Crippen LogP contribution in [0.5, 0.6) is 0 Å². The summed E-state index contributed by atoms with van der Waals surface area (Å²) in [5.74, 6) is 0.878. The van der Waals surface area contributed by atoms with Crippen LogP contribution in [0, 0.1) is 0 Å². The van der Waals surface area contributed by atoms with Crippen molar-refractivity contribution >= 4 is 27.7 Å². The maximum Gasteiger partial charge on any atom is 0.211 e. The molecule has 1 atom stereocenters. The molecule has 0 fully saturated rings. The molecule has 0 heterocycles. The van der Waals surface area contributed by atoms with Gasteiger partial charge in [-0.05, 0) is 32.4 Å². The molecule has 25 heavy (non-hydrogen) atoms. The predicted octanol–water partition coefficient (Wildman–Crippen LogP) is 2.05. The zero-order valence-electron chi connectivity index (χ0n) is 15.3. The van der Waals surface area contributed by atoms with Crippen LogP contribution in [0.3, 0.4) is 0 Å². The highest BCUT2D eigenvalue weighted by atomic mass is 32.2. The third-order valence-corrected chi connectivity index (χ3v) is 5.78. The van der Waals surface area contributed by atoms with Crippen LogP contribution in [-0.4, -0.2) is 51.6 Å². The molecule has 0 saturated heterocycles. The van der Waals surface area contributed by atoms with E-state index >= 15 is 0 Å². The Morgan fingerprint density at radius 3 is 2.52 bits per heavy atom. The number of sulfonamides is 1. The number of nitrogens with zero attached hydrogens (tertiary/aromatic N) is 1. The summed E-state index contributed by atoms with van der Waals surface area (Å²) in [6.07, 6.45) is 0.706. The molecule has 3 N–H and O–H groups in total. The van der Waals surface area contributed by atoms with Crippen LogP contribution in [0.15, 0.2) is 40.2 Å². The van der Waals surface area contributed by atoms with E-state index in [0.29, 0.717) is 31.3 Å². The van der Waals surface area contributed by atoms with E-state index in [9.17, 15) is 8.42 Å². The first-order valence-electron chi connectivity index (χ1n) is 8.68. The van der Waals surface area contributed by atoms with Crippen molar-refractivity contribution in [1.82, 2.24) is 15.4 Å². The summed E-state index contributed by atoms with van der Waals surface area (Å²) in [5.41, 5.74) is 0. The van der Waals surface area contributed by atoms with Gasteiger partial charge in [0.2, 0.25) is 10.0 Å². The minimum Gasteiger partial charge on any atom is -0.357 e. The quantitative estimate of drug-likeness (QED) is 0.235. The lowest BCUT2D eigenvalue weighted by molar-refractivity contribution is 0.579. The number of guanidine groups is 1. The summed E-state index contributed by atoms with van der Waals surface area (Å²) in [6, 6.07) is 10.3. The van der Waals surface area contributed by atoms with Crippen molar-refractivity contribution < 1.29 is 8.42 Å². The second-order valence-corrected chi connectivity index (χ2v) is 9.15. The molecule has 0 bridgehead atoms. The molecule has 0 aliphatic carbocycles. The zero-order valence-corrected chi connectivity index (χ0v) is 16.9. The Hall–Kier alpha value is -1.25. The Balaban J connectivity index is 2.35. The number of hydrogen-bond acceptors (Lipinski definition) is 4. The van der Waals surface area contributed by atoms with Gasteiger partial charge in [-0.15, -0.1) is 11.8 Å². The number of benzene rings is 1. The highest BCUT2D eigenvalue weighted by Crippen LogP contribution is 2.22. The Morgan fingerprint density at radius 2 is 1.88 bits per heavy atom. The molecule has 1 rings (SSSR count). The van der Waals surface area contributed by atoms with E-state index in [4.69, 9.17) is 0 Å². The van der Waals surface area contributed by atoms with Gasteiger partial charge in [-0.3, -0.25) is 4.99 Å². The first kappa shape index (κ1) is 21.8. The fraction of sp³-hybridized carbons (Fsp3) is 0.588. The summed E-state index contributed by atoms with van der Waals surface area (Å²) < 4.78 is 25.3. The van der Waals surface area contributed by atoms with Gasteiger partial charge in [-0.25, -0.2) is 13.1 Å². The lowest BCUT2D eigenvalue weighted by Gasteiger charge is -2.13. The van der Waals surface area contributed by atoms with Gasteiger partial charge in [-0.1, -0.05) is 25.1 Å². The minimum atomic E-state index is -3.11. The van der Waals surface area contributed by atoms with Crippen molar-refractivity contribution in [2.45, 2.75) is 37.3 Å². The van der Waals surface area contributed by atoms with Crippen LogP contribution in [0.2, 0.25) is 0 Å². The molecule has 0 aliphatic heterocycles. The van der Waals surface area contributed by atoms with Gasteiger partial charge in [0.05, 0.1) is 12.3 Å². The van der Waals surface area contributed by atoms with Crippen molar-refractivity contribution in [2.24, 2.45) is 4.99 Å². The second-order valence-electron chi connectivity index (χ2n) is 5.54. The van der Waals surface area contributed by atoms with Crippen LogP contribution < -0.4 is 15.4 Å². The fourth-order valence-electron chi connectivity index (χ4n) is 1.96. The standard InChI is InChI=1S/C17H30N4O2S2/c1-4-18-17(19-12-9-13-21-25(22,23)5-2)20-14-15(3)24-16-10-7-6-8-11-16/h6-8,10-11,15,21H,4-5,9,12-14H2,1-3H3,(H2,18,19,20). The van der Waals surface area contributed by atoms with E-state index < -0.39 is 10.0 Å². The minimum absolute atomic E-state index is 0.113. The van der Waals surface area contributed by atoms with Crippen LogP contribution in [-0.2, 0) is 10.0 Å². The van der Waals surface area contributed by atoms with Gasteiger partial charge in [0.15, 0.2) is 5.96 Å². The molecule has 1 aromatic carbocycles. The van der Waals surface area contributed by atoms with E-state index in [1.807, 2.05) is 25.1 Å². The summed E-state index contributed by atoms with van der Waals surface area (Å²) in [4.78, 5) is 5.85. The number of nitrogens with one attached hydrogen (secondary N) is 3. The van der Waals surface area contributed by atoms with Gasteiger partial charge in [0.1, 0.15) is 0 Å². The molecule has 1 aromatic rings. The average molecular weight is 387 g/mol. The van der Waals surface area contributed by atoms with E-state index in [1.54, 1.807) is 18.7 Å². The van der Waals surface area contributed by atoms with E-state index in [0.717, 1.165) is 12.5 Å². The van der Waals surface area contributed by atoms with E-state index in [1.165, 1.54) is 4.90 Å². The molecule has 0 spiro atoms. The SMILES string of the molecule is CCNC(=NCC(C)Sc1ccccc1)NCCCNS(=O)(=O)CC. The summed E-state index contributed by atoms with van der Waals surface area (Å²) in [7, 11) is -3.11. The highest BCUT2D eigenvalue weighted by Gasteiger charge is 2.06. The Bertz CT molecular complexity index is 606. The van der Waals surface area contributed by atoms with Crippen molar-refractivity contribution in [3.05, 3.63) is 30.3 Å². The van der Waals surface area contributed by atoms with Crippen LogP contribution in [0.4, 0.5) is 0 Å². The van der Waals surface area contributed by atoms with Gasteiger partial charge in [0.25, 0.3) is 0 Å². The van der Waals surface area contributed by atoms with Crippen LogP contribution in [0.25, 0.3) is 0 Å². The maximum absolute atomic E-state index is 11.4. The monoisotopic (exact) mass is 386 g/mol. The summed E-state index contributed by atoms with van der Waals surface area (Å²) >= 11 is 1.80. The molecule has 0 aliphatic rings. The smallest absolute Gasteiger partial charge is 0.211 e. The first-order chi connectivity index (χ1) is 12.0. The number of aliphatic imine (C=N–C) groups is 1. The van der Waals surface area contributed by atoms with Crippen molar-refractivity contribution in [2.75, 3.05) is 31.9 Å². The van der Waals surface area contributed by atoms with Gasteiger partial charge >= 0.3 is 0 Å². The average Bonchev–Trinajstić information content (AvgIpc) is 2.60.